The third-order valence-corrected chi connectivity index (χ3v) is 6.78. The molecule has 0 radical (unpaired) electrons. The number of aryl methyl sites for hydroxylation is 2. The fourth-order valence-electron chi connectivity index (χ4n) is 5.23. The zero-order chi connectivity index (χ0) is 21.9. The van der Waals surface area contributed by atoms with Crippen molar-refractivity contribution in [2.24, 2.45) is 10.7 Å². The van der Waals surface area contributed by atoms with Gasteiger partial charge in [-0.2, -0.15) is 0 Å². The van der Waals surface area contributed by atoms with E-state index in [1.54, 1.807) is 4.57 Å². The maximum atomic E-state index is 10.4. The van der Waals surface area contributed by atoms with E-state index < -0.39 is 24.5 Å². The fourth-order valence-corrected chi connectivity index (χ4v) is 5.23. The van der Waals surface area contributed by atoms with Gasteiger partial charge in [0.1, 0.15) is 36.2 Å². The number of aromatic nitrogens is 2. The highest BCUT2D eigenvalue weighted by atomic mass is 16.6. The molecular formula is C22H29N5O4. The van der Waals surface area contributed by atoms with Gasteiger partial charge in [-0.05, 0) is 49.8 Å². The monoisotopic (exact) mass is 427 g/mol. The van der Waals surface area contributed by atoms with Crippen molar-refractivity contribution >= 4 is 5.82 Å². The Hall–Kier alpha value is -2.46. The van der Waals surface area contributed by atoms with E-state index in [0.717, 1.165) is 19.3 Å². The molecule has 1 aliphatic carbocycles. The number of hydrogen-bond donors (Lipinski definition) is 4. The molecule has 9 heteroatoms. The summed E-state index contributed by atoms with van der Waals surface area (Å²) < 4.78 is 7.24. The van der Waals surface area contributed by atoms with E-state index in [1.165, 1.54) is 28.6 Å². The normalized spacial score (nSPS) is 30.2. The number of hydrogen-bond acceptors (Lipinski definition) is 8. The molecular weight excluding hydrogens is 398 g/mol. The van der Waals surface area contributed by atoms with Crippen molar-refractivity contribution in [2.45, 2.75) is 63.7 Å². The van der Waals surface area contributed by atoms with Crippen LogP contribution in [0.5, 0.6) is 0 Å². The lowest BCUT2D eigenvalue weighted by Crippen LogP contribution is -2.48. The van der Waals surface area contributed by atoms with Crippen LogP contribution in [0.2, 0.25) is 0 Å². The smallest absolute Gasteiger partial charge is 0.165 e. The van der Waals surface area contributed by atoms with Gasteiger partial charge in [0.15, 0.2) is 11.7 Å². The summed E-state index contributed by atoms with van der Waals surface area (Å²) in [6.45, 7) is 4.27. The Kier molecular flexibility index (Phi) is 5.01. The van der Waals surface area contributed by atoms with Crippen LogP contribution in [0, 0.1) is 13.8 Å². The van der Waals surface area contributed by atoms with Crippen LogP contribution in [0.4, 0.5) is 0 Å². The molecule has 5 atom stereocenters. The number of nitrogens with zero attached hydrogens (tertiary/aromatic N) is 4. The molecule has 1 aromatic heterocycles. The van der Waals surface area contributed by atoms with Gasteiger partial charge in [-0.3, -0.25) is 4.57 Å². The lowest BCUT2D eigenvalue weighted by atomic mass is 9.83. The molecule has 1 fully saturated rings. The lowest BCUT2D eigenvalue weighted by Gasteiger charge is -2.37. The van der Waals surface area contributed by atoms with Crippen molar-refractivity contribution < 1.29 is 20.1 Å². The Bertz CT molecular complexity index is 1130. The second kappa shape index (κ2) is 7.59. The van der Waals surface area contributed by atoms with E-state index in [-0.39, 0.29) is 12.6 Å². The largest absolute Gasteiger partial charge is 0.394 e. The number of ether oxygens (including phenoxy) is 1. The zero-order valence-corrected chi connectivity index (χ0v) is 17.8. The van der Waals surface area contributed by atoms with Crippen LogP contribution >= 0.6 is 0 Å². The lowest BCUT2D eigenvalue weighted by molar-refractivity contribution is -0.0546. The Balaban J connectivity index is 1.53. The van der Waals surface area contributed by atoms with Gasteiger partial charge in [0.2, 0.25) is 0 Å². The summed E-state index contributed by atoms with van der Waals surface area (Å²) in [5.74, 6) is 0.549. The number of imidazole rings is 1. The number of rotatable bonds is 3. The summed E-state index contributed by atoms with van der Waals surface area (Å²) >= 11 is 0. The van der Waals surface area contributed by atoms with E-state index in [0.29, 0.717) is 23.3 Å². The van der Waals surface area contributed by atoms with E-state index in [4.69, 9.17) is 15.5 Å². The molecule has 2 aliphatic heterocycles. The van der Waals surface area contributed by atoms with Gasteiger partial charge in [-0.1, -0.05) is 17.7 Å². The van der Waals surface area contributed by atoms with Gasteiger partial charge in [-0.15, -0.1) is 0 Å². The molecule has 31 heavy (non-hydrogen) atoms. The van der Waals surface area contributed by atoms with Gasteiger partial charge in [0, 0.05) is 0 Å². The van der Waals surface area contributed by atoms with Crippen molar-refractivity contribution in [3.8, 4) is 0 Å². The third-order valence-electron chi connectivity index (χ3n) is 6.78. The molecule has 5 rings (SSSR count). The van der Waals surface area contributed by atoms with Crippen molar-refractivity contribution in [2.75, 3.05) is 13.3 Å². The minimum atomic E-state index is -1.19. The highest BCUT2D eigenvalue weighted by molar-refractivity contribution is 5.45. The molecule has 1 aromatic carbocycles. The molecule has 2 aromatic rings. The van der Waals surface area contributed by atoms with Gasteiger partial charge in [0.25, 0.3) is 0 Å². The Labute approximate surface area is 180 Å². The summed E-state index contributed by atoms with van der Waals surface area (Å²) in [6.07, 6.45) is 0.575. The van der Waals surface area contributed by atoms with Crippen molar-refractivity contribution in [1.29, 1.82) is 0 Å². The van der Waals surface area contributed by atoms with Crippen LogP contribution in [0.25, 0.3) is 5.82 Å². The van der Waals surface area contributed by atoms with Crippen LogP contribution in [0.1, 0.15) is 47.4 Å². The molecule has 3 heterocycles. The summed E-state index contributed by atoms with van der Waals surface area (Å²) in [5.41, 5.74) is 12.4. The van der Waals surface area contributed by atoms with E-state index >= 15 is 0 Å². The second-order valence-corrected chi connectivity index (χ2v) is 8.77. The highest BCUT2D eigenvalue weighted by Gasteiger charge is 2.44. The van der Waals surface area contributed by atoms with Crippen LogP contribution in [-0.4, -0.2) is 61.4 Å². The van der Waals surface area contributed by atoms with Crippen LogP contribution in [0.3, 0.4) is 0 Å². The molecule has 0 saturated carbocycles. The Morgan fingerprint density at radius 1 is 1.23 bits per heavy atom. The maximum Gasteiger partial charge on any atom is 0.165 e. The van der Waals surface area contributed by atoms with Crippen LogP contribution in [-0.2, 0) is 11.2 Å². The summed E-state index contributed by atoms with van der Waals surface area (Å²) in [4.78, 5) is 11.3. The van der Waals surface area contributed by atoms with Crippen LogP contribution in [0.15, 0.2) is 23.5 Å². The number of aliphatic hydroxyl groups excluding tert-OH is 3. The molecule has 1 saturated heterocycles. The quantitative estimate of drug-likeness (QED) is 0.500. The molecule has 0 bridgehead atoms. The van der Waals surface area contributed by atoms with E-state index in [1.807, 2.05) is 0 Å². The summed E-state index contributed by atoms with van der Waals surface area (Å²) in [6, 6.07) is 4.63. The predicted molar refractivity (Wildman–Crippen MR) is 112 cm³/mol. The first kappa shape index (κ1) is 20.4. The minimum absolute atomic E-state index is 0.137. The predicted octanol–water partition coefficient (Wildman–Crippen LogP) is -0.894. The van der Waals surface area contributed by atoms with Crippen LogP contribution < -0.4 is 16.6 Å². The Morgan fingerprint density at radius 2 is 2.03 bits per heavy atom. The summed E-state index contributed by atoms with van der Waals surface area (Å²) in [5, 5.41) is 30.4. The topological polar surface area (TPSA) is 129 Å². The van der Waals surface area contributed by atoms with E-state index in [9.17, 15) is 15.3 Å². The molecule has 5 N–H and O–H groups in total. The second-order valence-electron chi connectivity index (χ2n) is 8.77. The number of nitrogens with two attached hydrogens (primary N) is 1. The van der Waals surface area contributed by atoms with Gasteiger partial charge in [-0.25, -0.2) is 9.98 Å². The van der Waals surface area contributed by atoms with Gasteiger partial charge >= 0.3 is 0 Å². The molecule has 9 nitrogen and oxygen atoms in total. The Morgan fingerprint density at radius 3 is 2.77 bits per heavy atom. The first-order chi connectivity index (χ1) is 14.9. The van der Waals surface area contributed by atoms with Gasteiger partial charge in [0.05, 0.1) is 19.0 Å². The average Bonchev–Trinajstić information content (AvgIpc) is 3.30. The van der Waals surface area contributed by atoms with Crippen molar-refractivity contribution in [1.82, 2.24) is 14.5 Å². The molecule has 166 valence electrons. The molecule has 0 amide bonds. The average molecular weight is 428 g/mol. The highest BCUT2D eigenvalue weighted by Crippen LogP contribution is 2.38. The van der Waals surface area contributed by atoms with Crippen molar-refractivity contribution in [3.05, 3.63) is 51.6 Å². The standard InChI is InChI=1S/C22H29N5O4/c1-11-6-12(2)13-4-3-5-15(14(13)7-11)26-10-25-21-17(20(26)23)24-9-27(21)22-19(30)18(29)16(8-28)31-22/h6-7,9,15-16,18-19,22,28-30H,3-5,8,10,23H2,1-2H3/t15?,16-,18-,19-,22-/m1/s1. The SMILES string of the molecule is Cc1cc(C)c2c(c1)C(N1CN=c3c(ncn3[C@@H]3O[C@H](CO)[C@@H](O)[C@H]3O)=C1N)CCC2. The molecule has 3 aliphatic rings. The third kappa shape index (κ3) is 3.15. The minimum Gasteiger partial charge on any atom is -0.394 e. The maximum absolute atomic E-state index is 10.4. The number of benzene rings is 1. The first-order valence-corrected chi connectivity index (χ1v) is 10.8. The zero-order valence-electron chi connectivity index (χ0n) is 17.8. The summed E-state index contributed by atoms with van der Waals surface area (Å²) in [7, 11) is 0. The molecule has 0 spiro atoms. The fraction of sp³-hybridized carbons (Fsp3) is 0.545. The molecule has 1 unspecified atom stereocenters. The number of fused-ring (bicyclic) bond motifs is 2. The first-order valence-electron chi connectivity index (χ1n) is 10.8. The van der Waals surface area contributed by atoms with Crippen molar-refractivity contribution in [3.63, 3.8) is 0 Å². The number of aliphatic hydroxyl groups is 3. The van der Waals surface area contributed by atoms with E-state index in [2.05, 4.69) is 35.9 Å². The van der Waals surface area contributed by atoms with Gasteiger partial charge < -0.3 is 30.7 Å².